The Morgan fingerprint density at radius 3 is 1.18 bits per heavy atom. The second-order valence-corrected chi connectivity index (χ2v) is 11.2. The van der Waals surface area contributed by atoms with Crippen LogP contribution in [0.5, 0.6) is 0 Å². The molecule has 0 bridgehead atoms. The molecule has 0 radical (unpaired) electrons. The van der Waals surface area contributed by atoms with E-state index in [0.29, 0.717) is 12.1 Å². The zero-order chi connectivity index (χ0) is 15.9. The highest BCUT2D eigenvalue weighted by Gasteiger charge is 2.16. The summed E-state index contributed by atoms with van der Waals surface area (Å²) in [5, 5.41) is 0. The number of nitrogens with zero attached hydrogens (tertiary/aromatic N) is 2. The van der Waals surface area contributed by atoms with Gasteiger partial charge in [0.25, 0.3) is 0 Å². The third-order valence-electron chi connectivity index (χ3n) is 4.00. The first-order valence-corrected chi connectivity index (χ1v) is 13.5. The van der Waals surface area contributed by atoms with Crippen molar-refractivity contribution in [2.75, 3.05) is 9.13 Å². The van der Waals surface area contributed by atoms with Gasteiger partial charge in [-0.25, -0.2) is 0 Å². The molecule has 0 aliphatic heterocycles. The van der Waals surface area contributed by atoms with E-state index in [9.17, 15) is 0 Å². The summed E-state index contributed by atoms with van der Waals surface area (Å²) in [6, 6.07) is 23.0. The topological polar surface area (TPSA) is 6.48 Å². The van der Waals surface area contributed by atoms with E-state index in [0.717, 1.165) is 0 Å². The molecule has 0 spiro atoms. The number of hydrogen-bond acceptors (Lipinski definition) is 2. The summed E-state index contributed by atoms with van der Waals surface area (Å²) in [7, 11) is -0.513. The van der Waals surface area contributed by atoms with Gasteiger partial charge < -0.3 is 9.13 Å². The van der Waals surface area contributed by atoms with Gasteiger partial charge in [0.05, 0.1) is 0 Å². The second kappa shape index (κ2) is 8.20. The van der Waals surface area contributed by atoms with Crippen molar-refractivity contribution in [3.8, 4) is 0 Å². The van der Waals surface area contributed by atoms with Crippen LogP contribution in [0.3, 0.4) is 0 Å². The molecule has 0 fully saturated rings. The SMILES string of the molecule is CC(C)N([SiH2][SiH2]N(c1ccccc1)C(C)C)c1ccccc1. The van der Waals surface area contributed by atoms with Crippen molar-refractivity contribution in [1.29, 1.82) is 0 Å². The van der Waals surface area contributed by atoms with Gasteiger partial charge in [-0.3, -0.25) is 0 Å². The van der Waals surface area contributed by atoms with Gasteiger partial charge in [0, 0.05) is 23.5 Å². The van der Waals surface area contributed by atoms with Crippen molar-refractivity contribution in [2.24, 2.45) is 0 Å². The van der Waals surface area contributed by atoms with E-state index in [2.05, 4.69) is 97.5 Å². The van der Waals surface area contributed by atoms with Crippen molar-refractivity contribution in [1.82, 2.24) is 0 Å². The summed E-state index contributed by atoms with van der Waals surface area (Å²) in [4.78, 5) is 0. The number of rotatable bonds is 7. The summed E-state index contributed by atoms with van der Waals surface area (Å²) in [5.74, 6) is 0. The number of anilines is 2. The van der Waals surface area contributed by atoms with Gasteiger partial charge in [-0.2, -0.15) is 0 Å². The van der Waals surface area contributed by atoms with Crippen LogP contribution in [0.2, 0.25) is 0 Å². The molecule has 0 N–H and O–H groups in total. The van der Waals surface area contributed by atoms with Gasteiger partial charge in [0.15, 0.2) is 0 Å². The molecule has 2 rings (SSSR count). The molecule has 0 amide bonds. The molecule has 118 valence electrons. The molecule has 4 heteroatoms. The maximum Gasteiger partial charge on any atom is 0.131 e. The quantitative estimate of drug-likeness (QED) is 0.721. The third-order valence-corrected chi connectivity index (χ3v) is 10.8. The fourth-order valence-corrected chi connectivity index (χ4v) is 11.2. The van der Waals surface area contributed by atoms with Crippen LogP contribution < -0.4 is 9.13 Å². The predicted molar refractivity (Wildman–Crippen MR) is 105 cm³/mol. The van der Waals surface area contributed by atoms with Gasteiger partial charge in [-0.15, -0.1) is 0 Å². The van der Waals surface area contributed by atoms with Crippen molar-refractivity contribution in [2.45, 2.75) is 39.8 Å². The van der Waals surface area contributed by atoms with Crippen molar-refractivity contribution in [3.63, 3.8) is 0 Å². The first-order chi connectivity index (χ1) is 10.6. The first kappa shape index (κ1) is 16.8. The van der Waals surface area contributed by atoms with Gasteiger partial charge in [-0.1, -0.05) is 36.4 Å². The zero-order valence-electron chi connectivity index (χ0n) is 14.2. The van der Waals surface area contributed by atoms with Crippen molar-refractivity contribution in [3.05, 3.63) is 60.7 Å². The van der Waals surface area contributed by atoms with Crippen LogP contribution in [0, 0.1) is 0 Å². The summed E-state index contributed by atoms with van der Waals surface area (Å²) < 4.78 is 5.34. The first-order valence-electron chi connectivity index (χ1n) is 8.23. The predicted octanol–water partition coefficient (Wildman–Crippen LogP) is 2.90. The maximum absolute atomic E-state index is 2.67. The molecule has 0 heterocycles. The minimum atomic E-state index is -0.256. The lowest BCUT2D eigenvalue weighted by Crippen LogP contribution is -2.46. The molecule has 0 aliphatic rings. The summed E-state index contributed by atoms with van der Waals surface area (Å²) in [6.45, 7) is 9.26. The van der Waals surface area contributed by atoms with E-state index in [-0.39, 0.29) is 18.4 Å². The molecular formula is C18H28N2Si2. The lowest BCUT2D eigenvalue weighted by Gasteiger charge is -2.34. The summed E-state index contributed by atoms with van der Waals surface area (Å²) in [6.07, 6.45) is 0. The zero-order valence-corrected chi connectivity index (χ0v) is 17.1. The van der Waals surface area contributed by atoms with Crippen molar-refractivity contribution < 1.29 is 0 Å². The lowest BCUT2D eigenvalue weighted by molar-refractivity contribution is 0.817. The van der Waals surface area contributed by atoms with Crippen LogP contribution in [-0.2, 0) is 0 Å². The van der Waals surface area contributed by atoms with E-state index < -0.39 is 0 Å². The highest BCUT2D eigenvalue weighted by molar-refractivity contribution is 7.04. The van der Waals surface area contributed by atoms with E-state index >= 15 is 0 Å². The Labute approximate surface area is 139 Å². The maximum atomic E-state index is 2.67. The Kier molecular flexibility index (Phi) is 6.27. The van der Waals surface area contributed by atoms with Crippen LogP contribution in [0.4, 0.5) is 11.4 Å². The van der Waals surface area contributed by atoms with Gasteiger partial charge in [0.1, 0.15) is 18.4 Å². The number of hydrogen-bond donors (Lipinski definition) is 0. The highest BCUT2D eigenvalue weighted by Crippen LogP contribution is 2.18. The Bertz CT molecular complexity index is 492. The largest absolute Gasteiger partial charge is 0.402 e. The lowest BCUT2D eigenvalue weighted by atomic mass is 10.3. The Hall–Kier alpha value is -1.53. The average Bonchev–Trinajstić information content (AvgIpc) is 2.52. The highest BCUT2D eigenvalue weighted by atomic mass is 29.2. The van der Waals surface area contributed by atoms with Gasteiger partial charge >= 0.3 is 0 Å². The summed E-state index contributed by atoms with van der Waals surface area (Å²) >= 11 is 0. The Balaban J connectivity index is 2.10. The van der Waals surface area contributed by atoms with Crippen molar-refractivity contribution >= 4 is 29.8 Å². The molecule has 0 aromatic heterocycles. The minimum absolute atomic E-state index is 0.256. The van der Waals surface area contributed by atoms with E-state index in [1.165, 1.54) is 11.4 Å². The molecule has 0 atom stereocenters. The molecule has 2 aromatic carbocycles. The smallest absolute Gasteiger partial charge is 0.131 e. The molecule has 0 aliphatic carbocycles. The molecule has 2 nitrogen and oxygen atoms in total. The van der Waals surface area contributed by atoms with Crippen LogP contribution in [0.15, 0.2) is 60.7 Å². The van der Waals surface area contributed by atoms with Crippen LogP contribution in [-0.4, -0.2) is 30.5 Å². The Morgan fingerprint density at radius 1 is 0.591 bits per heavy atom. The molecule has 2 aromatic rings. The normalized spacial score (nSPS) is 12.1. The monoisotopic (exact) mass is 328 g/mol. The van der Waals surface area contributed by atoms with Gasteiger partial charge in [-0.05, 0) is 52.0 Å². The molecular weight excluding hydrogens is 300 g/mol. The number of benzene rings is 2. The fraction of sp³-hybridized carbons (Fsp3) is 0.333. The van der Waals surface area contributed by atoms with Gasteiger partial charge in [0.2, 0.25) is 0 Å². The standard InChI is InChI=1S/C18H28N2Si2/c1-15(2)19(17-11-7-5-8-12-17)21-22-20(16(3)4)18-13-9-6-10-14-18/h5-16H,21-22H2,1-4H3. The molecule has 22 heavy (non-hydrogen) atoms. The van der Waals surface area contributed by atoms with Crippen LogP contribution >= 0.6 is 0 Å². The van der Waals surface area contributed by atoms with E-state index in [1.54, 1.807) is 0 Å². The molecule has 0 unspecified atom stereocenters. The van der Waals surface area contributed by atoms with E-state index in [4.69, 9.17) is 0 Å². The van der Waals surface area contributed by atoms with Crippen LogP contribution in [0.1, 0.15) is 27.7 Å². The number of para-hydroxylation sites is 2. The molecule has 0 saturated heterocycles. The summed E-state index contributed by atoms with van der Waals surface area (Å²) in [5.41, 5.74) is 2.79. The Morgan fingerprint density at radius 2 is 0.909 bits per heavy atom. The fourth-order valence-electron chi connectivity index (χ4n) is 2.83. The minimum Gasteiger partial charge on any atom is -0.402 e. The van der Waals surface area contributed by atoms with E-state index in [1.807, 2.05) is 0 Å². The van der Waals surface area contributed by atoms with Crippen LogP contribution in [0.25, 0.3) is 0 Å². The molecule has 0 saturated carbocycles. The second-order valence-electron chi connectivity index (χ2n) is 6.25. The average molecular weight is 329 g/mol. The third kappa shape index (κ3) is 4.48.